The molecular weight excluding hydrogens is 368 g/mol. The Morgan fingerprint density at radius 1 is 1.41 bits per heavy atom. The number of hydrogen-bond acceptors (Lipinski definition) is 3. The van der Waals surface area contributed by atoms with Gasteiger partial charge in [0.05, 0.1) is 0 Å². The zero-order valence-electron chi connectivity index (χ0n) is 12.3. The van der Waals surface area contributed by atoms with Gasteiger partial charge in [0.25, 0.3) is 0 Å². The Morgan fingerprint density at radius 3 is 2.68 bits per heavy atom. The average molecular weight is 385 g/mol. The van der Waals surface area contributed by atoms with Gasteiger partial charge in [0.1, 0.15) is 0 Å². The first-order valence-electron chi connectivity index (χ1n) is 7.04. The second kappa shape index (κ2) is 5.54. The molecule has 5 nitrogen and oxygen atoms in total. The monoisotopic (exact) mass is 384 g/mol. The molecule has 7 heteroatoms. The minimum Gasteiger partial charge on any atom is -0.614 e. The van der Waals surface area contributed by atoms with Gasteiger partial charge in [0.15, 0.2) is 15.6 Å². The molecule has 2 amide bonds. The molecule has 1 N–H and O–H groups in total. The van der Waals surface area contributed by atoms with E-state index in [1.165, 1.54) is 4.90 Å². The predicted molar refractivity (Wildman–Crippen MR) is 87.6 cm³/mol. The summed E-state index contributed by atoms with van der Waals surface area (Å²) < 4.78 is 11.8. The Morgan fingerprint density at radius 2 is 2.05 bits per heavy atom. The number of carbonyl (C=O) groups is 2. The van der Waals surface area contributed by atoms with Gasteiger partial charge in [-0.05, 0) is 30.6 Å². The second-order valence-electron chi connectivity index (χ2n) is 6.04. The van der Waals surface area contributed by atoms with Crippen molar-refractivity contribution in [2.24, 2.45) is 0 Å². The van der Waals surface area contributed by atoms with Crippen molar-refractivity contribution in [2.75, 3.05) is 0 Å². The van der Waals surface area contributed by atoms with Crippen molar-refractivity contribution in [3.05, 3.63) is 35.9 Å². The SMILES string of the molecule is CC1(C)[C@H](C(=O)NCc2ccccc2)N2C(=O)[C@H](Br)[C@H]2[S@@+]1[O-]. The van der Waals surface area contributed by atoms with Gasteiger partial charge in [0, 0.05) is 6.54 Å². The minimum absolute atomic E-state index is 0.163. The third kappa shape index (κ3) is 2.26. The highest BCUT2D eigenvalue weighted by atomic mass is 79.9. The normalized spacial score (nSPS) is 32.4. The van der Waals surface area contributed by atoms with E-state index in [0.717, 1.165) is 5.56 Å². The van der Waals surface area contributed by atoms with E-state index in [1.807, 2.05) is 30.3 Å². The Kier molecular flexibility index (Phi) is 3.99. The van der Waals surface area contributed by atoms with E-state index in [9.17, 15) is 14.1 Å². The molecule has 0 spiro atoms. The van der Waals surface area contributed by atoms with Gasteiger partial charge in [-0.2, -0.15) is 0 Å². The number of alkyl halides is 1. The molecule has 0 aliphatic carbocycles. The third-order valence-corrected chi connectivity index (χ3v) is 7.69. The van der Waals surface area contributed by atoms with Crippen molar-refractivity contribution in [3.63, 3.8) is 0 Å². The molecule has 0 saturated carbocycles. The van der Waals surface area contributed by atoms with E-state index >= 15 is 0 Å². The summed E-state index contributed by atoms with van der Waals surface area (Å²) in [5.74, 6) is -0.416. The number of rotatable bonds is 3. The number of carbonyl (C=O) groups excluding carboxylic acids is 2. The van der Waals surface area contributed by atoms with E-state index in [0.29, 0.717) is 6.54 Å². The molecule has 2 saturated heterocycles. The van der Waals surface area contributed by atoms with Crippen LogP contribution in [0, 0.1) is 0 Å². The van der Waals surface area contributed by atoms with Gasteiger partial charge in [-0.15, -0.1) is 0 Å². The lowest BCUT2D eigenvalue weighted by atomic mass is 9.97. The van der Waals surface area contributed by atoms with Gasteiger partial charge in [-0.1, -0.05) is 46.3 Å². The van der Waals surface area contributed by atoms with Crippen molar-refractivity contribution in [1.82, 2.24) is 10.2 Å². The zero-order chi connectivity index (χ0) is 16.1. The van der Waals surface area contributed by atoms with Gasteiger partial charge in [0.2, 0.25) is 17.2 Å². The summed E-state index contributed by atoms with van der Waals surface area (Å²) in [7, 11) is 0. The minimum atomic E-state index is -1.27. The maximum absolute atomic E-state index is 12.6. The first-order valence-corrected chi connectivity index (χ1v) is 9.17. The Hall–Kier alpha value is -1.05. The maximum Gasteiger partial charge on any atom is 0.248 e. The number of nitrogens with one attached hydrogen (secondary N) is 1. The van der Waals surface area contributed by atoms with Gasteiger partial charge in [-0.3, -0.25) is 14.5 Å². The molecule has 0 bridgehead atoms. The fourth-order valence-electron chi connectivity index (χ4n) is 3.01. The summed E-state index contributed by atoms with van der Waals surface area (Å²) in [5, 5.41) is 2.45. The molecule has 4 atom stereocenters. The van der Waals surface area contributed by atoms with Crippen LogP contribution in [0.2, 0.25) is 0 Å². The average Bonchev–Trinajstić information content (AvgIpc) is 2.70. The summed E-state index contributed by atoms with van der Waals surface area (Å²) >= 11 is 1.99. The van der Waals surface area contributed by atoms with Crippen LogP contribution in [0.5, 0.6) is 0 Å². The van der Waals surface area contributed by atoms with Crippen LogP contribution in [0.4, 0.5) is 0 Å². The van der Waals surface area contributed by atoms with E-state index < -0.39 is 32.2 Å². The summed E-state index contributed by atoms with van der Waals surface area (Å²) in [4.78, 5) is 25.6. The largest absolute Gasteiger partial charge is 0.614 e. The molecule has 2 fully saturated rings. The second-order valence-corrected chi connectivity index (χ2v) is 9.16. The van der Waals surface area contributed by atoms with Gasteiger partial charge >= 0.3 is 0 Å². The molecule has 2 aliphatic heterocycles. The van der Waals surface area contributed by atoms with Crippen molar-refractivity contribution in [1.29, 1.82) is 0 Å². The van der Waals surface area contributed by atoms with Crippen LogP contribution < -0.4 is 5.32 Å². The lowest BCUT2D eigenvalue weighted by Gasteiger charge is -2.38. The first-order chi connectivity index (χ1) is 10.4. The van der Waals surface area contributed by atoms with E-state index in [4.69, 9.17) is 0 Å². The third-order valence-electron chi connectivity index (χ3n) is 4.25. The van der Waals surface area contributed by atoms with Crippen LogP contribution in [-0.4, -0.2) is 42.3 Å². The highest BCUT2D eigenvalue weighted by molar-refractivity contribution is 9.10. The molecular formula is C15H17BrN2O3S. The predicted octanol–water partition coefficient (Wildman–Crippen LogP) is 1.14. The number of halogens is 1. The Labute approximate surface area is 140 Å². The number of β-lactam (4-membered cyclic amide) rings is 1. The molecule has 0 unspecified atom stereocenters. The van der Waals surface area contributed by atoms with Gasteiger partial charge in [-0.25, -0.2) is 0 Å². The highest BCUT2D eigenvalue weighted by Crippen LogP contribution is 2.48. The summed E-state index contributed by atoms with van der Waals surface area (Å²) in [5.41, 5.74) is 0.984. The van der Waals surface area contributed by atoms with Crippen molar-refractivity contribution >= 4 is 38.9 Å². The van der Waals surface area contributed by atoms with Crippen LogP contribution in [0.3, 0.4) is 0 Å². The number of nitrogens with zero attached hydrogens (tertiary/aromatic N) is 1. The molecule has 3 rings (SSSR count). The topological polar surface area (TPSA) is 72.5 Å². The van der Waals surface area contributed by atoms with Crippen molar-refractivity contribution in [2.45, 2.75) is 41.4 Å². The Balaban J connectivity index is 1.75. The quantitative estimate of drug-likeness (QED) is 0.482. The van der Waals surface area contributed by atoms with Gasteiger partial charge < -0.3 is 9.87 Å². The van der Waals surface area contributed by atoms with Crippen LogP contribution in [0.15, 0.2) is 30.3 Å². The van der Waals surface area contributed by atoms with Crippen LogP contribution >= 0.6 is 15.9 Å². The van der Waals surface area contributed by atoms with Crippen LogP contribution in [-0.2, 0) is 27.3 Å². The summed E-state index contributed by atoms with van der Waals surface area (Å²) in [6.45, 7) is 3.95. The fraction of sp³-hybridized carbons (Fsp3) is 0.467. The Bertz CT molecular complexity index is 610. The lowest BCUT2D eigenvalue weighted by Crippen LogP contribution is -2.65. The van der Waals surface area contributed by atoms with Crippen LogP contribution in [0.1, 0.15) is 19.4 Å². The summed E-state index contributed by atoms with van der Waals surface area (Å²) in [6.07, 6.45) is 0. The molecule has 1 aromatic rings. The molecule has 22 heavy (non-hydrogen) atoms. The number of fused-ring (bicyclic) bond motifs is 1. The standard InChI is InChI=1S/C15H17BrN2O3S/c1-15(2)11(18-13(20)10(16)14(18)22(15)21)12(19)17-8-9-6-4-3-5-7-9/h3-7,10-11,14H,8H2,1-2H3,(H,17,19)/t10-,11-,14+,22+/m0/s1. The number of benzene rings is 1. The summed E-state index contributed by atoms with van der Waals surface area (Å²) in [6, 6.07) is 8.87. The number of amides is 2. The smallest absolute Gasteiger partial charge is 0.248 e. The fourth-order valence-corrected chi connectivity index (χ4v) is 5.92. The molecule has 1 aromatic carbocycles. The zero-order valence-corrected chi connectivity index (χ0v) is 14.7. The molecule has 2 aliphatic rings. The maximum atomic E-state index is 12.6. The lowest BCUT2D eigenvalue weighted by molar-refractivity contribution is -0.148. The van der Waals surface area contributed by atoms with Crippen molar-refractivity contribution in [3.8, 4) is 0 Å². The molecule has 118 valence electrons. The molecule has 0 aromatic heterocycles. The molecule has 0 radical (unpaired) electrons. The first kappa shape index (κ1) is 15.8. The van der Waals surface area contributed by atoms with E-state index in [2.05, 4.69) is 21.2 Å². The highest BCUT2D eigenvalue weighted by Gasteiger charge is 2.71. The van der Waals surface area contributed by atoms with Crippen molar-refractivity contribution < 1.29 is 14.1 Å². The molecule has 2 heterocycles. The van der Waals surface area contributed by atoms with E-state index in [1.54, 1.807) is 13.8 Å². The van der Waals surface area contributed by atoms with E-state index in [-0.39, 0.29) is 11.8 Å². The van der Waals surface area contributed by atoms with Crippen LogP contribution in [0.25, 0.3) is 0 Å². The number of hydrogen-bond donors (Lipinski definition) is 1.